The number of carbonyl (C=O) groups is 2. The molecule has 0 spiro atoms. The summed E-state index contributed by atoms with van der Waals surface area (Å²) in [5.41, 5.74) is 1.47. The minimum atomic E-state index is -2.88. The zero-order valence-corrected chi connectivity index (χ0v) is 19.0. The summed E-state index contributed by atoms with van der Waals surface area (Å²) >= 11 is 6.18. The Hall–Kier alpha value is -4.24. The van der Waals surface area contributed by atoms with E-state index in [9.17, 15) is 18.4 Å². The van der Waals surface area contributed by atoms with E-state index < -0.39 is 30.8 Å². The van der Waals surface area contributed by atoms with Crippen molar-refractivity contribution in [1.29, 1.82) is 0 Å². The normalized spacial score (nSPS) is 14.3. The number of benzene rings is 1. The highest BCUT2D eigenvalue weighted by atomic mass is 35.5. The van der Waals surface area contributed by atoms with E-state index >= 15 is 0 Å². The highest BCUT2D eigenvalue weighted by molar-refractivity contribution is 6.31. The van der Waals surface area contributed by atoms with Crippen LogP contribution < -0.4 is 15.0 Å². The Bertz CT molecular complexity index is 1440. The molecule has 1 aromatic carbocycles. The molecule has 0 unspecified atom stereocenters. The van der Waals surface area contributed by atoms with Crippen LogP contribution in [-0.2, 0) is 11.3 Å². The van der Waals surface area contributed by atoms with Crippen molar-refractivity contribution >= 4 is 34.7 Å². The van der Waals surface area contributed by atoms with Crippen molar-refractivity contribution in [3.8, 4) is 17.0 Å². The van der Waals surface area contributed by atoms with Gasteiger partial charge in [0.1, 0.15) is 24.2 Å². The van der Waals surface area contributed by atoms with Crippen molar-refractivity contribution in [3.05, 3.63) is 59.6 Å². The number of rotatable bonds is 6. The second-order valence-corrected chi connectivity index (χ2v) is 8.31. The summed E-state index contributed by atoms with van der Waals surface area (Å²) in [5, 5.41) is 11.7. The number of ether oxygens (including phenoxy) is 1. The van der Waals surface area contributed by atoms with E-state index in [0.717, 1.165) is 4.90 Å². The van der Waals surface area contributed by atoms with Crippen molar-refractivity contribution in [2.24, 2.45) is 0 Å². The lowest BCUT2D eigenvalue weighted by molar-refractivity contribution is -0.265. The summed E-state index contributed by atoms with van der Waals surface area (Å²) in [7, 11) is 1.47. The van der Waals surface area contributed by atoms with E-state index in [1.807, 2.05) is 0 Å². The van der Waals surface area contributed by atoms with Gasteiger partial charge >= 0.3 is 5.65 Å². The van der Waals surface area contributed by atoms with Crippen LogP contribution in [0.4, 0.5) is 14.5 Å². The Morgan fingerprint density at radius 2 is 2.14 bits per heavy atom. The molecule has 5 rings (SSSR count). The van der Waals surface area contributed by atoms with Gasteiger partial charge < -0.3 is 15.0 Å². The SMILES string of the molecule is COc1ccc(Cl)cc1-c1nn(CC(=O)N2CC(F)(F)C2)cc1NC(=O)c1cnn2ccc#[n+]c12. The van der Waals surface area contributed by atoms with Gasteiger partial charge in [-0.15, -0.1) is 4.98 Å². The number of amides is 2. The van der Waals surface area contributed by atoms with Gasteiger partial charge in [0.25, 0.3) is 11.8 Å². The molecular weight excluding hydrogens is 484 g/mol. The van der Waals surface area contributed by atoms with Crippen LogP contribution in [0.25, 0.3) is 16.9 Å². The fourth-order valence-electron chi connectivity index (χ4n) is 3.71. The predicted molar refractivity (Wildman–Crippen MR) is 118 cm³/mol. The third kappa shape index (κ3) is 4.33. The van der Waals surface area contributed by atoms with Crippen molar-refractivity contribution in [2.45, 2.75) is 12.5 Å². The van der Waals surface area contributed by atoms with Crippen LogP contribution in [-0.4, -0.2) is 62.2 Å². The molecule has 1 aliphatic rings. The number of hydrogen-bond donors (Lipinski definition) is 1. The maximum absolute atomic E-state index is 13.2. The molecule has 4 aromatic rings. The van der Waals surface area contributed by atoms with Crippen LogP contribution in [0.15, 0.2) is 42.9 Å². The maximum atomic E-state index is 13.2. The Morgan fingerprint density at radius 3 is 2.89 bits per heavy atom. The molecule has 10 nitrogen and oxygen atoms in total. The number of methoxy groups -OCH3 is 1. The van der Waals surface area contributed by atoms with E-state index in [0.29, 0.717) is 22.0 Å². The second-order valence-electron chi connectivity index (χ2n) is 7.88. The van der Waals surface area contributed by atoms with Gasteiger partial charge in [-0.25, -0.2) is 8.78 Å². The lowest BCUT2D eigenvalue weighted by atomic mass is 10.1. The van der Waals surface area contributed by atoms with Gasteiger partial charge in [-0.3, -0.25) is 14.3 Å². The quantitative estimate of drug-likeness (QED) is 0.434. The number of nitrogens with zero attached hydrogens (tertiary/aromatic N) is 6. The third-order valence-electron chi connectivity index (χ3n) is 5.40. The Balaban J connectivity index is 1.49. The van der Waals surface area contributed by atoms with E-state index in [1.54, 1.807) is 30.5 Å². The first-order valence-electron chi connectivity index (χ1n) is 10.3. The van der Waals surface area contributed by atoms with E-state index in [4.69, 9.17) is 16.3 Å². The number of alkyl halides is 2. The molecule has 4 heterocycles. The number of anilines is 1. The molecule has 178 valence electrons. The molecule has 3 aromatic heterocycles. The summed E-state index contributed by atoms with van der Waals surface area (Å²) in [6, 6.07) is 6.43. The zero-order chi connectivity index (χ0) is 24.7. The zero-order valence-electron chi connectivity index (χ0n) is 18.2. The first-order chi connectivity index (χ1) is 16.7. The molecule has 0 radical (unpaired) electrons. The molecule has 1 saturated heterocycles. The first kappa shape index (κ1) is 22.5. The monoisotopic (exact) mass is 500 g/mol. The predicted octanol–water partition coefficient (Wildman–Crippen LogP) is 1.99. The number of halogens is 3. The third-order valence-corrected chi connectivity index (χ3v) is 5.63. The molecule has 0 aliphatic carbocycles. The molecule has 13 heteroatoms. The van der Waals surface area contributed by atoms with Gasteiger partial charge in [-0.2, -0.15) is 5.10 Å². The molecule has 1 fully saturated rings. The molecule has 1 aliphatic heterocycles. The molecular formula is C22H17ClF2N7O3+. The van der Waals surface area contributed by atoms with Crippen molar-refractivity contribution in [2.75, 3.05) is 25.5 Å². The van der Waals surface area contributed by atoms with E-state index in [2.05, 4.69) is 26.7 Å². The summed E-state index contributed by atoms with van der Waals surface area (Å²) in [5.74, 6) is -3.50. The van der Waals surface area contributed by atoms with Gasteiger partial charge in [-0.05, 0) is 18.2 Å². The van der Waals surface area contributed by atoms with Gasteiger partial charge in [0.15, 0.2) is 11.8 Å². The minimum absolute atomic E-state index is 0.192. The summed E-state index contributed by atoms with van der Waals surface area (Å²) in [4.78, 5) is 30.6. The van der Waals surface area contributed by atoms with E-state index in [-0.39, 0.29) is 23.5 Å². The van der Waals surface area contributed by atoms with Crippen LogP contribution in [0.5, 0.6) is 5.75 Å². The van der Waals surface area contributed by atoms with Crippen LogP contribution in [0.3, 0.4) is 0 Å². The van der Waals surface area contributed by atoms with Crippen molar-refractivity contribution in [3.63, 3.8) is 0 Å². The lowest BCUT2D eigenvalue weighted by Gasteiger charge is -2.38. The lowest BCUT2D eigenvalue weighted by Crippen LogP contribution is -2.59. The number of likely N-dealkylation sites (tertiary alicyclic amines) is 1. The Morgan fingerprint density at radius 1 is 1.34 bits per heavy atom. The molecule has 1 N–H and O–H groups in total. The summed E-state index contributed by atoms with van der Waals surface area (Å²) < 4.78 is 34.5. The van der Waals surface area contributed by atoms with Gasteiger partial charge in [0, 0.05) is 16.8 Å². The number of hydrogen-bond acceptors (Lipinski definition) is 5. The van der Waals surface area contributed by atoms with Crippen molar-refractivity contribution in [1.82, 2.24) is 24.3 Å². The van der Waals surface area contributed by atoms with E-state index in [1.165, 1.54) is 28.7 Å². The number of fused-ring (bicyclic) bond motifs is 1. The van der Waals surface area contributed by atoms with Gasteiger partial charge in [0.2, 0.25) is 5.91 Å². The van der Waals surface area contributed by atoms with Crippen LogP contribution in [0.2, 0.25) is 5.02 Å². The Labute approximate surface area is 202 Å². The molecule has 35 heavy (non-hydrogen) atoms. The standard InChI is InChI=1S/C22H16ClF2N7O3/c1-35-17-4-3-13(23)7-14(17)19-16(9-31(29-19)10-18(33)30-11-22(24,25)12-30)28-21(34)15-8-27-32-6-2-5-26-20(15)32/h2-4,6-9H,10-12H2,1H3/p+1. The smallest absolute Gasteiger partial charge is 0.425 e. The fourth-order valence-corrected chi connectivity index (χ4v) is 3.89. The summed E-state index contributed by atoms with van der Waals surface area (Å²) in [6.45, 7) is -1.57. The summed E-state index contributed by atoms with van der Waals surface area (Å²) in [6.07, 6.45) is 7.06. The van der Waals surface area contributed by atoms with Crippen LogP contribution in [0.1, 0.15) is 10.4 Å². The van der Waals surface area contributed by atoms with Crippen LogP contribution in [0, 0.1) is 6.20 Å². The van der Waals surface area contributed by atoms with Gasteiger partial charge in [0.05, 0.1) is 38.1 Å². The number of aromatic nitrogens is 5. The van der Waals surface area contributed by atoms with Crippen molar-refractivity contribution < 1.29 is 28.1 Å². The first-order valence-corrected chi connectivity index (χ1v) is 10.7. The topological polar surface area (TPSA) is 108 Å². The van der Waals surface area contributed by atoms with Gasteiger partial charge in [-0.1, -0.05) is 21.2 Å². The molecule has 0 atom stereocenters. The highest BCUT2D eigenvalue weighted by Gasteiger charge is 2.46. The second kappa shape index (κ2) is 8.52. The molecule has 2 amide bonds. The molecule has 0 bridgehead atoms. The van der Waals surface area contributed by atoms with Crippen LogP contribution >= 0.6 is 11.6 Å². The molecule has 0 saturated carbocycles. The number of carbonyl (C=O) groups excluding carboxylic acids is 2. The minimum Gasteiger partial charge on any atom is -0.496 e. The number of nitrogens with one attached hydrogen (secondary N) is 1. The highest BCUT2D eigenvalue weighted by Crippen LogP contribution is 2.36. The average molecular weight is 501 g/mol. The fraction of sp³-hybridized carbons (Fsp3) is 0.227. The Kier molecular flexibility index (Phi) is 5.49. The maximum Gasteiger partial charge on any atom is 0.425 e. The average Bonchev–Trinajstić information content (AvgIpc) is 3.41. The largest absolute Gasteiger partial charge is 0.496 e.